The number of para-hydroxylation sites is 1. The van der Waals surface area contributed by atoms with Gasteiger partial charge in [-0.2, -0.15) is 0 Å². The largest absolute Gasteiger partial charge is 0.376 e. The van der Waals surface area contributed by atoms with Gasteiger partial charge in [-0.15, -0.1) is 0 Å². The van der Waals surface area contributed by atoms with E-state index < -0.39 is 0 Å². The normalized spacial score (nSPS) is 9.08. The summed E-state index contributed by atoms with van der Waals surface area (Å²) in [5.74, 6) is 4.66. The van der Waals surface area contributed by atoms with Crippen molar-refractivity contribution in [3.8, 4) is 0 Å². The van der Waals surface area contributed by atoms with Crippen LogP contribution >= 0.6 is 0 Å². The summed E-state index contributed by atoms with van der Waals surface area (Å²) in [6.07, 6.45) is 0. The fourth-order valence-electron chi connectivity index (χ4n) is 0.789. The minimum atomic E-state index is -0.237. The van der Waals surface area contributed by atoms with Crippen molar-refractivity contribution in [3.05, 3.63) is 30.3 Å². The molecule has 0 bridgehead atoms. The molecule has 4 heteroatoms. The van der Waals surface area contributed by atoms with Crippen molar-refractivity contribution >= 4 is 11.6 Å². The molecule has 1 amide bonds. The van der Waals surface area contributed by atoms with Crippen LogP contribution in [0.5, 0.6) is 0 Å². The third kappa shape index (κ3) is 2.59. The molecule has 0 saturated heterocycles. The van der Waals surface area contributed by atoms with Crippen molar-refractivity contribution in [1.29, 1.82) is 0 Å². The van der Waals surface area contributed by atoms with Crippen LogP contribution < -0.4 is 16.6 Å². The van der Waals surface area contributed by atoms with E-state index in [0.29, 0.717) is 0 Å². The fraction of sp³-hybridized carbons (Fsp3) is 0.125. The van der Waals surface area contributed by atoms with E-state index in [-0.39, 0.29) is 12.5 Å². The Kier molecular flexibility index (Phi) is 3.10. The van der Waals surface area contributed by atoms with Crippen molar-refractivity contribution < 1.29 is 4.79 Å². The smallest absolute Gasteiger partial charge is 0.253 e. The highest BCUT2D eigenvalue weighted by Crippen LogP contribution is 2.03. The summed E-state index contributed by atoms with van der Waals surface area (Å²) in [5, 5.41) is 2.90. The van der Waals surface area contributed by atoms with Gasteiger partial charge in [-0.05, 0) is 12.1 Å². The molecule has 1 rings (SSSR count). The Morgan fingerprint density at radius 1 is 1.33 bits per heavy atom. The molecule has 0 aliphatic rings. The zero-order valence-corrected chi connectivity index (χ0v) is 6.58. The van der Waals surface area contributed by atoms with E-state index in [4.69, 9.17) is 5.84 Å². The molecule has 64 valence electrons. The molecule has 0 unspecified atom stereocenters. The number of hydrogen-bond acceptors (Lipinski definition) is 3. The summed E-state index contributed by atoms with van der Waals surface area (Å²) in [6, 6.07) is 9.45. The van der Waals surface area contributed by atoms with Gasteiger partial charge in [0.2, 0.25) is 0 Å². The highest BCUT2D eigenvalue weighted by Gasteiger charge is 1.95. The Morgan fingerprint density at radius 3 is 2.58 bits per heavy atom. The maximum absolute atomic E-state index is 10.7. The van der Waals surface area contributed by atoms with Gasteiger partial charge >= 0.3 is 0 Å². The van der Waals surface area contributed by atoms with E-state index >= 15 is 0 Å². The molecule has 0 saturated carbocycles. The van der Waals surface area contributed by atoms with E-state index in [1.54, 1.807) is 0 Å². The van der Waals surface area contributed by atoms with Crippen LogP contribution in [0.1, 0.15) is 0 Å². The van der Waals surface area contributed by atoms with Gasteiger partial charge < -0.3 is 5.32 Å². The first-order valence-electron chi connectivity index (χ1n) is 3.61. The Hall–Kier alpha value is -1.55. The first-order chi connectivity index (χ1) is 5.83. The monoisotopic (exact) mass is 165 g/mol. The average molecular weight is 165 g/mol. The van der Waals surface area contributed by atoms with E-state index in [0.717, 1.165) is 5.69 Å². The van der Waals surface area contributed by atoms with Crippen LogP contribution in [-0.2, 0) is 4.79 Å². The Bertz CT molecular complexity index is 248. The molecule has 0 atom stereocenters. The number of carbonyl (C=O) groups is 1. The lowest BCUT2D eigenvalue weighted by Crippen LogP contribution is -2.35. The lowest BCUT2D eigenvalue weighted by molar-refractivity contribution is -0.119. The molecular weight excluding hydrogens is 154 g/mol. The molecule has 1 aromatic carbocycles. The van der Waals surface area contributed by atoms with E-state index in [1.165, 1.54) is 0 Å². The summed E-state index contributed by atoms with van der Waals surface area (Å²) >= 11 is 0. The van der Waals surface area contributed by atoms with E-state index in [9.17, 15) is 4.79 Å². The molecule has 0 aromatic heterocycles. The molecule has 0 heterocycles. The molecule has 0 fully saturated rings. The lowest BCUT2D eigenvalue weighted by Gasteiger charge is -2.03. The summed E-state index contributed by atoms with van der Waals surface area (Å²) in [7, 11) is 0. The van der Waals surface area contributed by atoms with Gasteiger partial charge in [0.25, 0.3) is 5.91 Å². The Morgan fingerprint density at radius 2 is 2.00 bits per heavy atom. The number of amides is 1. The maximum Gasteiger partial charge on any atom is 0.253 e. The number of nitrogens with one attached hydrogen (secondary N) is 2. The number of rotatable bonds is 3. The van der Waals surface area contributed by atoms with Crippen LogP contribution in [0, 0.1) is 0 Å². The third-order valence-electron chi connectivity index (χ3n) is 1.39. The molecular formula is C8H11N3O. The number of benzene rings is 1. The van der Waals surface area contributed by atoms with Crippen molar-refractivity contribution in [2.75, 3.05) is 11.9 Å². The number of nitrogens with two attached hydrogens (primary N) is 1. The molecule has 0 radical (unpaired) electrons. The highest BCUT2D eigenvalue weighted by atomic mass is 16.2. The SMILES string of the molecule is NNC(=O)CNc1ccccc1. The second-order valence-corrected chi connectivity index (χ2v) is 2.29. The van der Waals surface area contributed by atoms with Crippen molar-refractivity contribution in [2.24, 2.45) is 5.84 Å². The van der Waals surface area contributed by atoms with E-state index in [2.05, 4.69) is 5.32 Å². The zero-order valence-electron chi connectivity index (χ0n) is 6.58. The topological polar surface area (TPSA) is 67.1 Å². The molecule has 1 aromatic rings. The maximum atomic E-state index is 10.7. The minimum Gasteiger partial charge on any atom is -0.376 e. The predicted molar refractivity (Wildman–Crippen MR) is 47.3 cm³/mol. The fourth-order valence-corrected chi connectivity index (χ4v) is 0.789. The summed E-state index contributed by atoms with van der Waals surface area (Å²) in [6.45, 7) is 0.195. The van der Waals surface area contributed by atoms with Gasteiger partial charge in [0.15, 0.2) is 0 Å². The average Bonchev–Trinajstić information content (AvgIpc) is 2.16. The molecule has 12 heavy (non-hydrogen) atoms. The van der Waals surface area contributed by atoms with Gasteiger partial charge in [-0.3, -0.25) is 10.2 Å². The van der Waals surface area contributed by atoms with Crippen LogP contribution in [0.4, 0.5) is 5.69 Å². The first kappa shape index (κ1) is 8.55. The second-order valence-electron chi connectivity index (χ2n) is 2.29. The Balaban J connectivity index is 2.38. The van der Waals surface area contributed by atoms with Crippen LogP contribution in [-0.4, -0.2) is 12.5 Å². The standard InChI is InChI=1S/C8H11N3O/c9-11-8(12)6-10-7-4-2-1-3-5-7/h1-5,10H,6,9H2,(H,11,12). The number of hydrazine groups is 1. The van der Waals surface area contributed by atoms with Crippen LogP contribution in [0.15, 0.2) is 30.3 Å². The van der Waals surface area contributed by atoms with Crippen molar-refractivity contribution in [1.82, 2.24) is 5.43 Å². The quantitative estimate of drug-likeness (QED) is 0.338. The number of anilines is 1. The molecule has 4 N–H and O–H groups in total. The number of hydrogen-bond donors (Lipinski definition) is 3. The summed E-state index contributed by atoms with van der Waals surface area (Å²) < 4.78 is 0. The van der Waals surface area contributed by atoms with Crippen molar-refractivity contribution in [2.45, 2.75) is 0 Å². The first-order valence-corrected chi connectivity index (χ1v) is 3.61. The molecule has 4 nitrogen and oxygen atoms in total. The lowest BCUT2D eigenvalue weighted by atomic mass is 10.3. The van der Waals surface area contributed by atoms with Gasteiger partial charge in [-0.1, -0.05) is 18.2 Å². The van der Waals surface area contributed by atoms with Crippen LogP contribution in [0.2, 0.25) is 0 Å². The van der Waals surface area contributed by atoms with Gasteiger partial charge in [0.1, 0.15) is 0 Å². The van der Waals surface area contributed by atoms with Gasteiger partial charge in [-0.25, -0.2) is 5.84 Å². The van der Waals surface area contributed by atoms with Crippen molar-refractivity contribution in [3.63, 3.8) is 0 Å². The van der Waals surface area contributed by atoms with Gasteiger partial charge in [0.05, 0.1) is 6.54 Å². The van der Waals surface area contributed by atoms with Gasteiger partial charge in [0, 0.05) is 5.69 Å². The van der Waals surface area contributed by atoms with Crippen LogP contribution in [0.3, 0.4) is 0 Å². The zero-order chi connectivity index (χ0) is 8.81. The van der Waals surface area contributed by atoms with E-state index in [1.807, 2.05) is 35.8 Å². The predicted octanol–water partition coefficient (Wildman–Crippen LogP) is 0.0884. The Labute approximate surface area is 70.7 Å². The number of carbonyl (C=O) groups excluding carboxylic acids is 1. The molecule has 0 spiro atoms. The second kappa shape index (κ2) is 4.35. The molecule has 0 aliphatic heterocycles. The summed E-state index contributed by atoms with van der Waals surface area (Å²) in [4.78, 5) is 10.7. The summed E-state index contributed by atoms with van der Waals surface area (Å²) in [5.41, 5.74) is 2.94. The van der Waals surface area contributed by atoms with Crippen LogP contribution in [0.25, 0.3) is 0 Å². The minimum absolute atomic E-state index is 0.195. The highest BCUT2D eigenvalue weighted by molar-refractivity contribution is 5.79. The molecule has 0 aliphatic carbocycles. The third-order valence-corrected chi connectivity index (χ3v) is 1.39.